The van der Waals surface area contributed by atoms with Crippen LogP contribution in [-0.4, -0.2) is 20.5 Å². The van der Waals surface area contributed by atoms with Crippen LogP contribution in [-0.2, 0) is 10.0 Å². The third-order valence-electron chi connectivity index (χ3n) is 3.81. The second kappa shape index (κ2) is 7.62. The summed E-state index contributed by atoms with van der Waals surface area (Å²) in [6, 6.07) is 6.03. The Hall–Kier alpha value is -0.840. The van der Waals surface area contributed by atoms with Gasteiger partial charge in [0.05, 0.1) is 16.7 Å². The number of rotatable bonds is 4. The molecule has 1 aliphatic rings. The zero-order chi connectivity index (χ0) is 15.5. The smallest absolute Gasteiger partial charge is 0.242 e. The molecular formula is C14H19Cl2N3O2S. The van der Waals surface area contributed by atoms with Gasteiger partial charge in [0, 0.05) is 12.1 Å². The molecule has 2 rings (SSSR count). The van der Waals surface area contributed by atoms with E-state index in [0.717, 1.165) is 32.1 Å². The highest BCUT2D eigenvalue weighted by molar-refractivity contribution is 7.89. The van der Waals surface area contributed by atoms with Crippen LogP contribution in [0.2, 0.25) is 5.02 Å². The van der Waals surface area contributed by atoms with E-state index in [2.05, 4.69) is 4.72 Å². The van der Waals surface area contributed by atoms with Crippen LogP contribution in [0.4, 0.5) is 0 Å². The van der Waals surface area contributed by atoms with Crippen LogP contribution in [0.25, 0.3) is 0 Å². The van der Waals surface area contributed by atoms with Crippen molar-refractivity contribution in [2.45, 2.75) is 42.5 Å². The molecule has 5 nitrogen and oxygen atoms in total. The number of benzene rings is 1. The lowest BCUT2D eigenvalue weighted by molar-refractivity contribution is 0.296. The Morgan fingerprint density at radius 2 is 1.95 bits per heavy atom. The molecule has 1 saturated carbocycles. The van der Waals surface area contributed by atoms with Crippen molar-refractivity contribution in [3.05, 3.63) is 28.8 Å². The molecule has 1 aromatic carbocycles. The molecule has 1 fully saturated rings. The zero-order valence-corrected chi connectivity index (χ0v) is 14.4. The van der Waals surface area contributed by atoms with Crippen molar-refractivity contribution in [3.8, 4) is 6.07 Å². The highest BCUT2D eigenvalue weighted by atomic mass is 35.5. The molecule has 0 unspecified atom stereocenters. The van der Waals surface area contributed by atoms with Crippen molar-refractivity contribution in [3.63, 3.8) is 0 Å². The summed E-state index contributed by atoms with van der Waals surface area (Å²) in [4.78, 5) is -0.0254. The first-order chi connectivity index (χ1) is 9.86. The quantitative estimate of drug-likeness (QED) is 0.858. The zero-order valence-electron chi connectivity index (χ0n) is 12.0. The summed E-state index contributed by atoms with van der Waals surface area (Å²) < 4.78 is 27.2. The van der Waals surface area contributed by atoms with Gasteiger partial charge in [0.2, 0.25) is 10.0 Å². The molecule has 0 aliphatic heterocycles. The highest BCUT2D eigenvalue weighted by Gasteiger charge is 2.29. The van der Waals surface area contributed by atoms with E-state index in [1.54, 1.807) is 0 Å². The first-order valence-corrected chi connectivity index (χ1v) is 8.71. The molecule has 0 aromatic heterocycles. The van der Waals surface area contributed by atoms with Crippen molar-refractivity contribution in [2.75, 3.05) is 6.54 Å². The predicted octanol–water partition coefficient (Wildman–Crippen LogP) is 2.57. The molecule has 1 aliphatic carbocycles. The number of nitrogens with one attached hydrogen (secondary N) is 1. The minimum atomic E-state index is -3.72. The molecule has 0 saturated heterocycles. The van der Waals surface area contributed by atoms with Crippen molar-refractivity contribution in [1.29, 1.82) is 5.26 Å². The fraction of sp³-hybridized carbons (Fsp3) is 0.500. The van der Waals surface area contributed by atoms with Crippen LogP contribution in [0.15, 0.2) is 23.1 Å². The second-order valence-corrected chi connectivity index (χ2v) is 7.65. The Bertz CT molecular complexity index is 665. The van der Waals surface area contributed by atoms with E-state index in [9.17, 15) is 8.42 Å². The number of hydrogen-bond acceptors (Lipinski definition) is 4. The molecule has 0 heterocycles. The average molecular weight is 364 g/mol. The van der Waals surface area contributed by atoms with Crippen LogP contribution < -0.4 is 10.5 Å². The lowest BCUT2D eigenvalue weighted by Crippen LogP contribution is -2.51. The summed E-state index contributed by atoms with van der Waals surface area (Å²) in [6.07, 6.45) is 4.83. The standard InChI is InChI=1S/C14H18ClN3O2S.ClH/c15-12-8-11(9-16)4-5-13(12)21(19,20)18-10-14(17)6-2-1-3-7-14;/h4-5,8,18H,1-3,6-7,10,17H2;1H. The van der Waals surface area contributed by atoms with Crippen molar-refractivity contribution < 1.29 is 8.42 Å². The number of nitrogens with two attached hydrogens (primary N) is 1. The van der Waals surface area contributed by atoms with Gasteiger partial charge in [0.1, 0.15) is 4.90 Å². The van der Waals surface area contributed by atoms with E-state index in [1.807, 2.05) is 6.07 Å². The Kier molecular flexibility index (Phi) is 6.65. The summed E-state index contributed by atoms with van der Waals surface area (Å²) in [6.45, 7) is 0.200. The Morgan fingerprint density at radius 3 is 2.50 bits per heavy atom. The van der Waals surface area contributed by atoms with Gasteiger partial charge < -0.3 is 5.73 Å². The average Bonchev–Trinajstić information content (AvgIpc) is 2.46. The first-order valence-electron chi connectivity index (χ1n) is 6.85. The van der Waals surface area contributed by atoms with Crippen LogP contribution in [0, 0.1) is 11.3 Å². The maximum atomic E-state index is 12.3. The maximum Gasteiger partial charge on any atom is 0.242 e. The monoisotopic (exact) mass is 363 g/mol. The van der Waals surface area contributed by atoms with Crippen molar-refractivity contribution in [1.82, 2.24) is 4.72 Å². The summed E-state index contributed by atoms with van der Waals surface area (Å²) in [5, 5.41) is 8.81. The number of halogens is 2. The van der Waals surface area contributed by atoms with Gasteiger partial charge in [-0.1, -0.05) is 30.9 Å². The summed E-state index contributed by atoms with van der Waals surface area (Å²) >= 11 is 5.95. The normalized spacial score (nSPS) is 17.3. The molecule has 0 atom stereocenters. The van der Waals surface area contributed by atoms with Crippen LogP contribution in [0.3, 0.4) is 0 Å². The number of nitriles is 1. The van der Waals surface area contributed by atoms with Gasteiger partial charge in [-0.2, -0.15) is 5.26 Å². The summed E-state index contributed by atoms with van der Waals surface area (Å²) in [5.41, 5.74) is 6.06. The molecule has 1 aromatic rings. The van der Waals surface area contributed by atoms with E-state index in [0.29, 0.717) is 5.56 Å². The van der Waals surface area contributed by atoms with Gasteiger partial charge in [0.25, 0.3) is 0 Å². The number of nitrogens with zero attached hydrogens (tertiary/aromatic N) is 1. The molecular weight excluding hydrogens is 345 g/mol. The third-order valence-corrected chi connectivity index (χ3v) is 5.70. The minimum absolute atomic E-state index is 0. The minimum Gasteiger partial charge on any atom is -0.324 e. The largest absolute Gasteiger partial charge is 0.324 e. The van der Waals surface area contributed by atoms with Crippen LogP contribution in [0.5, 0.6) is 0 Å². The van der Waals surface area contributed by atoms with Gasteiger partial charge >= 0.3 is 0 Å². The highest BCUT2D eigenvalue weighted by Crippen LogP contribution is 2.27. The lowest BCUT2D eigenvalue weighted by Gasteiger charge is -2.33. The molecule has 0 amide bonds. The van der Waals surface area contributed by atoms with Gasteiger partial charge in [-0.15, -0.1) is 12.4 Å². The first kappa shape index (κ1) is 19.2. The van der Waals surface area contributed by atoms with Crippen molar-refractivity contribution >= 4 is 34.0 Å². The summed E-state index contributed by atoms with van der Waals surface area (Å²) in [7, 11) is -3.72. The summed E-state index contributed by atoms with van der Waals surface area (Å²) in [5.74, 6) is 0. The molecule has 0 bridgehead atoms. The Labute approximate surface area is 142 Å². The van der Waals surface area contributed by atoms with Crippen LogP contribution >= 0.6 is 24.0 Å². The molecule has 22 heavy (non-hydrogen) atoms. The van der Waals surface area contributed by atoms with Gasteiger partial charge in [0.15, 0.2) is 0 Å². The molecule has 122 valence electrons. The fourth-order valence-electron chi connectivity index (χ4n) is 2.54. The Morgan fingerprint density at radius 1 is 1.32 bits per heavy atom. The van der Waals surface area contributed by atoms with E-state index < -0.39 is 15.6 Å². The van der Waals surface area contributed by atoms with Gasteiger partial charge in [-0.3, -0.25) is 0 Å². The second-order valence-electron chi connectivity index (χ2n) is 5.50. The van der Waals surface area contributed by atoms with Gasteiger partial charge in [-0.25, -0.2) is 13.1 Å². The maximum absolute atomic E-state index is 12.3. The number of sulfonamides is 1. The van der Waals surface area contributed by atoms with Crippen LogP contribution in [0.1, 0.15) is 37.7 Å². The molecule has 3 N–H and O–H groups in total. The number of hydrogen-bond donors (Lipinski definition) is 2. The van der Waals surface area contributed by atoms with Gasteiger partial charge in [-0.05, 0) is 31.0 Å². The molecule has 0 radical (unpaired) electrons. The topological polar surface area (TPSA) is 96.0 Å². The molecule has 8 heteroatoms. The lowest BCUT2D eigenvalue weighted by atomic mass is 9.83. The Balaban J connectivity index is 0.00000242. The van der Waals surface area contributed by atoms with E-state index in [4.69, 9.17) is 22.6 Å². The third kappa shape index (κ3) is 4.58. The predicted molar refractivity (Wildman–Crippen MR) is 88.6 cm³/mol. The SMILES string of the molecule is Cl.N#Cc1ccc(S(=O)(=O)NCC2(N)CCCCC2)c(Cl)c1. The van der Waals surface area contributed by atoms with E-state index in [1.165, 1.54) is 18.2 Å². The van der Waals surface area contributed by atoms with Crippen molar-refractivity contribution in [2.24, 2.45) is 5.73 Å². The van der Waals surface area contributed by atoms with E-state index >= 15 is 0 Å². The van der Waals surface area contributed by atoms with E-state index in [-0.39, 0.29) is 28.9 Å². The fourth-order valence-corrected chi connectivity index (χ4v) is 4.22. The molecule has 0 spiro atoms.